The molecule has 13 heteroatoms. The molecule has 1 saturated heterocycles. The van der Waals surface area contributed by atoms with Gasteiger partial charge in [0, 0.05) is 24.4 Å². The normalized spacial score (nSPS) is 18.5. The van der Waals surface area contributed by atoms with Gasteiger partial charge < -0.3 is 14.6 Å². The van der Waals surface area contributed by atoms with E-state index in [1.165, 1.54) is 18.5 Å². The highest BCUT2D eigenvalue weighted by molar-refractivity contribution is 5.92. The molecule has 0 bridgehead atoms. The van der Waals surface area contributed by atoms with E-state index in [0.717, 1.165) is 12.1 Å². The maximum absolute atomic E-state index is 14.9. The molecule has 186 valence electrons. The van der Waals surface area contributed by atoms with Crippen molar-refractivity contribution in [2.24, 2.45) is 0 Å². The molecule has 2 N–H and O–H groups in total. The number of nitrogens with one attached hydrogen (secondary N) is 2. The van der Waals surface area contributed by atoms with Gasteiger partial charge in [-0.3, -0.25) is 9.59 Å². The van der Waals surface area contributed by atoms with Gasteiger partial charge in [-0.15, -0.1) is 0 Å². The minimum Gasteiger partial charge on any atom is -0.367 e. The Labute approximate surface area is 199 Å². The number of benzene rings is 1. The predicted octanol–water partition coefficient (Wildman–Crippen LogP) is 3.19. The molecule has 4 heterocycles. The quantitative estimate of drug-likeness (QED) is 0.413. The summed E-state index contributed by atoms with van der Waals surface area (Å²) in [6.45, 7) is 2.38. The lowest BCUT2D eigenvalue weighted by molar-refractivity contribution is -0.137. The van der Waals surface area contributed by atoms with Crippen LogP contribution in [0.5, 0.6) is 0 Å². The molecule has 2 atom stereocenters. The van der Waals surface area contributed by atoms with Gasteiger partial charge in [0.1, 0.15) is 17.4 Å². The summed E-state index contributed by atoms with van der Waals surface area (Å²) in [6, 6.07) is 5.09. The first kappa shape index (κ1) is 23.6. The van der Waals surface area contributed by atoms with Crippen molar-refractivity contribution in [3.63, 3.8) is 0 Å². The van der Waals surface area contributed by atoms with Gasteiger partial charge in [-0.05, 0) is 36.8 Å². The van der Waals surface area contributed by atoms with E-state index in [0.29, 0.717) is 18.2 Å². The number of nitrogens with zero attached hydrogens (tertiary/aromatic N) is 4. The molecule has 0 saturated carbocycles. The summed E-state index contributed by atoms with van der Waals surface area (Å²) in [4.78, 5) is 37.1. The SMILES string of the molecule is C[C@@H]1CN(c2nc(-c3ccc(C(F)(F)F)cc3F)c3cn[nH]c(=O)c3n2)C[C@H](c2ccc(=O)[nH]c2)O1. The lowest BCUT2D eigenvalue weighted by atomic mass is 10.0. The van der Waals surface area contributed by atoms with Crippen molar-refractivity contribution in [3.05, 3.63) is 80.4 Å². The third kappa shape index (κ3) is 4.44. The van der Waals surface area contributed by atoms with Crippen molar-refractivity contribution in [3.8, 4) is 11.3 Å². The molecule has 5 rings (SSSR count). The van der Waals surface area contributed by atoms with Crippen molar-refractivity contribution in [1.29, 1.82) is 0 Å². The number of morpholine rings is 1. The molecule has 0 amide bonds. The van der Waals surface area contributed by atoms with Crippen LogP contribution in [0.25, 0.3) is 22.2 Å². The Morgan fingerprint density at radius 3 is 2.61 bits per heavy atom. The van der Waals surface area contributed by atoms with Gasteiger partial charge in [0.05, 0.1) is 35.5 Å². The van der Waals surface area contributed by atoms with E-state index < -0.39 is 29.2 Å². The highest BCUT2D eigenvalue weighted by Crippen LogP contribution is 2.35. The Morgan fingerprint density at radius 1 is 1.11 bits per heavy atom. The highest BCUT2D eigenvalue weighted by Gasteiger charge is 2.32. The summed E-state index contributed by atoms with van der Waals surface area (Å²) < 4.78 is 60.1. The molecule has 1 aliphatic heterocycles. The summed E-state index contributed by atoms with van der Waals surface area (Å²) in [5.74, 6) is -1.09. The van der Waals surface area contributed by atoms with Crippen LogP contribution in [-0.2, 0) is 10.9 Å². The first-order valence-corrected chi connectivity index (χ1v) is 10.8. The summed E-state index contributed by atoms with van der Waals surface area (Å²) in [5.41, 5.74) is -1.78. The summed E-state index contributed by atoms with van der Waals surface area (Å²) in [5, 5.41) is 6.06. The fraction of sp³-hybridized carbons (Fsp3) is 0.261. The van der Waals surface area contributed by atoms with Crippen molar-refractivity contribution < 1.29 is 22.3 Å². The first-order valence-electron chi connectivity index (χ1n) is 10.8. The van der Waals surface area contributed by atoms with Crippen LogP contribution in [0, 0.1) is 5.82 Å². The molecular formula is C23H18F4N6O3. The Morgan fingerprint density at radius 2 is 1.92 bits per heavy atom. The van der Waals surface area contributed by atoms with Crippen molar-refractivity contribution >= 4 is 16.9 Å². The smallest absolute Gasteiger partial charge is 0.367 e. The maximum atomic E-state index is 14.9. The molecule has 36 heavy (non-hydrogen) atoms. The van der Waals surface area contributed by atoms with Crippen molar-refractivity contribution in [2.75, 3.05) is 18.0 Å². The Kier molecular flexibility index (Phi) is 5.79. The van der Waals surface area contributed by atoms with E-state index in [9.17, 15) is 27.2 Å². The number of aromatic nitrogens is 5. The largest absolute Gasteiger partial charge is 0.416 e. The lowest BCUT2D eigenvalue weighted by Gasteiger charge is -2.37. The standard InChI is InChI=1S/C23H18F4N6O3/c1-11-9-33(10-17(36-11)12-2-5-18(34)28-7-12)22-30-19(15-8-29-32-21(35)20(15)31-22)14-4-3-13(6-16(14)24)23(25,26)27/h2-8,11,17H,9-10H2,1H3,(H,28,34)(H,32,35)/t11-,17-/m1/s1. The van der Waals surface area contributed by atoms with Gasteiger partial charge in [0.2, 0.25) is 11.5 Å². The number of anilines is 1. The highest BCUT2D eigenvalue weighted by atomic mass is 19.4. The van der Waals surface area contributed by atoms with Crippen LogP contribution in [0.1, 0.15) is 24.2 Å². The topological polar surface area (TPSA) is 117 Å². The van der Waals surface area contributed by atoms with Gasteiger partial charge >= 0.3 is 6.18 Å². The predicted molar refractivity (Wildman–Crippen MR) is 121 cm³/mol. The number of hydrogen-bond donors (Lipinski definition) is 2. The van der Waals surface area contributed by atoms with Crippen LogP contribution in [0.2, 0.25) is 0 Å². The number of ether oxygens (including phenoxy) is 1. The summed E-state index contributed by atoms with van der Waals surface area (Å²) >= 11 is 0. The second-order valence-electron chi connectivity index (χ2n) is 8.35. The van der Waals surface area contributed by atoms with Crippen LogP contribution in [0.4, 0.5) is 23.5 Å². The Hall–Kier alpha value is -4.13. The Bertz CT molecular complexity index is 1550. The maximum Gasteiger partial charge on any atom is 0.416 e. The average Bonchev–Trinajstić information content (AvgIpc) is 2.83. The van der Waals surface area contributed by atoms with Crippen LogP contribution in [0.15, 0.2) is 52.3 Å². The van der Waals surface area contributed by atoms with Gasteiger partial charge in [0.25, 0.3) is 5.56 Å². The molecule has 0 unspecified atom stereocenters. The summed E-state index contributed by atoms with van der Waals surface area (Å²) in [7, 11) is 0. The van der Waals surface area contributed by atoms with Gasteiger partial charge in [0.15, 0.2) is 0 Å². The second kappa shape index (κ2) is 8.82. The molecule has 1 aliphatic rings. The fourth-order valence-corrected chi connectivity index (χ4v) is 4.11. The van der Waals surface area contributed by atoms with Gasteiger partial charge in [-0.1, -0.05) is 0 Å². The third-order valence-corrected chi connectivity index (χ3v) is 5.78. The molecule has 4 aromatic rings. The molecule has 0 radical (unpaired) electrons. The van der Waals surface area contributed by atoms with E-state index in [1.807, 2.05) is 6.92 Å². The van der Waals surface area contributed by atoms with Crippen LogP contribution >= 0.6 is 0 Å². The van der Waals surface area contributed by atoms with Crippen molar-refractivity contribution in [2.45, 2.75) is 25.3 Å². The minimum atomic E-state index is -4.72. The molecule has 0 aliphatic carbocycles. The number of aromatic amines is 2. The first-order chi connectivity index (χ1) is 17.1. The van der Waals surface area contributed by atoms with E-state index in [4.69, 9.17) is 4.74 Å². The Balaban J connectivity index is 1.62. The van der Waals surface area contributed by atoms with Gasteiger partial charge in [-0.2, -0.15) is 18.3 Å². The molecule has 1 fully saturated rings. The van der Waals surface area contributed by atoms with Crippen molar-refractivity contribution in [1.82, 2.24) is 25.1 Å². The average molecular weight is 502 g/mol. The van der Waals surface area contributed by atoms with E-state index in [1.54, 1.807) is 11.0 Å². The minimum absolute atomic E-state index is 0.0677. The number of H-pyrrole nitrogens is 2. The lowest BCUT2D eigenvalue weighted by Crippen LogP contribution is -2.44. The number of hydrogen-bond acceptors (Lipinski definition) is 7. The zero-order valence-corrected chi connectivity index (χ0v) is 18.6. The number of rotatable bonds is 3. The van der Waals surface area contributed by atoms with Crippen LogP contribution < -0.4 is 16.0 Å². The number of fused-ring (bicyclic) bond motifs is 1. The van der Waals surface area contributed by atoms with Crippen LogP contribution in [0.3, 0.4) is 0 Å². The molecule has 3 aromatic heterocycles. The zero-order valence-electron chi connectivity index (χ0n) is 18.6. The number of halogens is 4. The molecular weight excluding hydrogens is 484 g/mol. The summed E-state index contributed by atoms with van der Waals surface area (Å²) in [6.07, 6.45) is -2.76. The van der Waals surface area contributed by atoms with E-state index in [2.05, 4.69) is 25.1 Å². The second-order valence-corrected chi connectivity index (χ2v) is 8.35. The molecule has 9 nitrogen and oxygen atoms in total. The third-order valence-electron chi connectivity index (χ3n) is 5.78. The molecule has 1 aromatic carbocycles. The fourth-order valence-electron chi connectivity index (χ4n) is 4.11. The number of pyridine rings is 1. The van der Waals surface area contributed by atoms with E-state index in [-0.39, 0.29) is 46.3 Å². The van der Waals surface area contributed by atoms with Crippen LogP contribution in [-0.4, -0.2) is 44.3 Å². The monoisotopic (exact) mass is 502 g/mol. The van der Waals surface area contributed by atoms with E-state index >= 15 is 0 Å². The number of alkyl halides is 3. The van der Waals surface area contributed by atoms with Gasteiger partial charge in [-0.25, -0.2) is 19.5 Å². The zero-order chi connectivity index (χ0) is 25.6. The molecule has 0 spiro atoms.